The molecule has 0 bridgehead atoms. The highest BCUT2D eigenvalue weighted by molar-refractivity contribution is 5.93. The molecule has 27 heavy (non-hydrogen) atoms. The maximum absolute atomic E-state index is 12.2. The van der Waals surface area contributed by atoms with Crippen molar-refractivity contribution in [2.75, 3.05) is 18.4 Å². The van der Waals surface area contributed by atoms with Crippen LogP contribution in [0, 0.1) is 0 Å². The molecule has 2 aromatic rings. The summed E-state index contributed by atoms with van der Waals surface area (Å²) < 4.78 is 5.68. The third kappa shape index (κ3) is 6.08. The van der Waals surface area contributed by atoms with Gasteiger partial charge >= 0.3 is 0 Å². The fraction of sp³-hybridized carbons (Fsp3) is 0.571. The van der Waals surface area contributed by atoms with E-state index < -0.39 is 0 Å². The minimum atomic E-state index is -0.0905. The molecule has 0 saturated heterocycles. The number of nitrogens with one attached hydrogen (secondary N) is 1. The van der Waals surface area contributed by atoms with E-state index >= 15 is 0 Å². The number of carbonyl (C=O) groups excluding carboxylic acids is 2. The van der Waals surface area contributed by atoms with Gasteiger partial charge in [0.1, 0.15) is 5.52 Å². The second-order valence-corrected chi connectivity index (χ2v) is 7.17. The third-order valence-electron chi connectivity index (χ3n) is 4.32. The molecule has 6 nitrogen and oxygen atoms in total. The number of hydrogen-bond donors (Lipinski definition) is 1. The number of aromatic nitrogens is 1. The van der Waals surface area contributed by atoms with Gasteiger partial charge < -0.3 is 14.6 Å². The molecule has 0 radical (unpaired) electrons. The summed E-state index contributed by atoms with van der Waals surface area (Å²) in [6.07, 6.45) is 3.20. The first-order valence-corrected chi connectivity index (χ1v) is 9.92. The summed E-state index contributed by atoms with van der Waals surface area (Å²) in [4.78, 5) is 30.8. The topological polar surface area (TPSA) is 75.4 Å². The average Bonchev–Trinajstić information content (AvgIpc) is 3.05. The molecule has 0 atom stereocenters. The molecule has 148 valence electrons. The lowest BCUT2D eigenvalue weighted by Crippen LogP contribution is -2.32. The molecule has 0 aliphatic carbocycles. The first-order chi connectivity index (χ1) is 12.9. The molecule has 2 rings (SSSR count). The number of rotatable bonds is 10. The zero-order chi connectivity index (χ0) is 19.8. The fourth-order valence-corrected chi connectivity index (χ4v) is 2.95. The maximum Gasteiger partial charge on any atom is 0.224 e. The second kappa shape index (κ2) is 10.1. The Morgan fingerprint density at radius 1 is 1.15 bits per heavy atom. The van der Waals surface area contributed by atoms with Crippen LogP contribution in [0.25, 0.3) is 11.1 Å². The molecule has 0 saturated carbocycles. The third-order valence-corrected chi connectivity index (χ3v) is 4.32. The summed E-state index contributed by atoms with van der Waals surface area (Å²) in [6, 6.07) is 5.45. The van der Waals surface area contributed by atoms with Crippen LogP contribution < -0.4 is 5.32 Å². The molecule has 0 fully saturated rings. The highest BCUT2D eigenvalue weighted by Crippen LogP contribution is 2.23. The molecule has 6 heteroatoms. The molecule has 2 amide bonds. The number of oxazole rings is 1. The van der Waals surface area contributed by atoms with Gasteiger partial charge in [0.25, 0.3) is 0 Å². The summed E-state index contributed by atoms with van der Waals surface area (Å²) in [5.74, 6) is 0.952. The molecule has 0 unspecified atom stereocenters. The Kier molecular flexibility index (Phi) is 7.82. The van der Waals surface area contributed by atoms with Gasteiger partial charge in [0.05, 0.1) is 0 Å². The average molecular weight is 373 g/mol. The predicted molar refractivity (Wildman–Crippen MR) is 108 cm³/mol. The first kappa shape index (κ1) is 20.9. The van der Waals surface area contributed by atoms with Gasteiger partial charge in [-0.25, -0.2) is 4.98 Å². The lowest BCUT2D eigenvalue weighted by Gasteiger charge is -2.21. The molecule has 1 aromatic carbocycles. The largest absolute Gasteiger partial charge is 0.440 e. The lowest BCUT2D eigenvalue weighted by atomic mass is 10.2. The van der Waals surface area contributed by atoms with Gasteiger partial charge in [0, 0.05) is 37.5 Å². The van der Waals surface area contributed by atoms with Gasteiger partial charge in [-0.15, -0.1) is 0 Å². The Labute approximate surface area is 161 Å². The first-order valence-electron chi connectivity index (χ1n) is 9.92. The van der Waals surface area contributed by atoms with Crippen molar-refractivity contribution in [1.29, 1.82) is 0 Å². The Morgan fingerprint density at radius 3 is 2.48 bits per heavy atom. The van der Waals surface area contributed by atoms with Crippen LogP contribution in [-0.4, -0.2) is 34.8 Å². The Morgan fingerprint density at radius 2 is 1.85 bits per heavy atom. The van der Waals surface area contributed by atoms with E-state index in [2.05, 4.69) is 24.1 Å². The van der Waals surface area contributed by atoms with Crippen LogP contribution in [0.5, 0.6) is 0 Å². The van der Waals surface area contributed by atoms with Crippen molar-refractivity contribution in [2.45, 2.75) is 65.7 Å². The van der Waals surface area contributed by atoms with Gasteiger partial charge in [0.2, 0.25) is 11.8 Å². The van der Waals surface area contributed by atoms with Crippen LogP contribution in [0.2, 0.25) is 0 Å². The van der Waals surface area contributed by atoms with Gasteiger partial charge in [-0.1, -0.05) is 27.7 Å². The molecular formula is C21H31N3O3. The number of fused-ring (bicyclic) bond motifs is 1. The van der Waals surface area contributed by atoms with E-state index in [9.17, 15) is 9.59 Å². The van der Waals surface area contributed by atoms with Gasteiger partial charge in [-0.3, -0.25) is 9.59 Å². The number of benzene rings is 1. The SMILES string of the molecule is CCCN(CCC)C(=O)CCCC(=O)Nc1ccc2oc(C(C)C)nc2c1. The van der Waals surface area contributed by atoms with Crippen LogP contribution in [0.3, 0.4) is 0 Å². The van der Waals surface area contributed by atoms with E-state index in [1.165, 1.54) is 0 Å². The van der Waals surface area contributed by atoms with Crippen molar-refractivity contribution < 1.29 is 14.0 Å². The van der Waals surface area contributed by atoms with Crippen molar-refractivity contribution in [3.05, 3.63) is 24.1 Å². The Bertz CT molecular complexity index is 761. The van der Waals surface area contributed by atoms with Crippen LogP contribution >= 0.6 is 0 Å². The molecule has 1 N–H and O–H groups in total. The van der Waals surface area contributed by atoms with E-state index in [1.54, 1.807) is 0 Å². The number of anilines is 1. The van der Waals surface area contributed by atoms with Crippen molar-refractivity contribution in [3.63, 3.8) is 0 Å². The lowest BCUT2D eigenvalue weighted by molar-refractivity contribution is -0.131. The summed E-state index contributed by atoms with van der Waals surface area (Å²) >= 11 is 0. The van der Waals surface area contributed by atoms with E-state index in [-0.39, 0.29) is 17.7 Å². The number of hydrogen-bond acceptors (Lipinski definition) is 4. The van der Waals surface area contributed by atoms with Gasteiger partial charge in [-0.2, -0.15) is 0 Å². The summed E-state index contributed by atoms with van der Waals surface area (Å²) in [7, 11) is 0. The van der Waals surface area contributed by atoms with Crippen LogP contribution in [-0.2, 0) is 9.59 Å². The van der Waals surface area contributed by atoms with Crippen LogP contribution in [0.1, 0.15) is 71.6 Å². The minimum Gasteiger partial charge on any atom is -0.440 e. The molecule has 0 aliphatic heterocycles. The van der Waals surface area contributed by atoms with Crippen molar-refractivity contribution in [2.24, 2.45) is 0 Å². The summed E-state index contributed by atoms with van der Waals surface area (Å²) in [5.41, 5.74) is 2.15. The minimum absolute atomic E-state index is 0.0905. The normalized spacial score (nSPS) is 11.1. The smallest absolute Gasteiger partial charge is 0.224 e. The number of nitrogens with zero attached hydrogens (tertiary/aromatic N) is 2. The van der Waals surface area contributed by atoms with E-state index in [0.29, 0.717) is 36.4 Å². The standard InChI is InChI=1S/C21H31N3O3/c1-5-12-24(13-6-2)20(26)9-7-8-19(25)22-16-10-11-18-17(14-16)23-21(27-18)15(3)4/h10-11,14-15H,5-9,12-13H2,1-4H3,(H,22,25). The number of carbonyl (C=O) groups is 2. The second-order valence-electron chi connectivity index (χ2n) is 7.17. The zero-order valence-corrected chi connectivity index (χ0v) is 16.9. The van der Waals surface area contributed by atoms with Crippen LogP contribution in [0.15, 0.2) is 22.6 Å². The molecule has 0 aliphatic rings. The predicted octanol–water partition coefficient (Wildman–Crippen LogP) is 4.71. The summed E-state index contributed by atoms with van der Waals surface area (Å²) in [6.45, 7) is 9.76. The molecular weight excluding hydrogens is 342 g/mol. The van der Waals surface area contributed by atoms with Gasteiger partial charge in [0.15, 0.2) is 11.5 Å². The van der Waals surface area contributed by atoms with E-state index in [1.807, 2.05) is 36.9 Å². The quantitative estimate of drug-likeness (QED) is 0.654. The molecule has 1 heterocycles. The summed E-state index contributed by atoms with van der Waals surface area (Å²) in [5, 5.41) is 2.88. The van der Waals surface area contributed by atoms with Crippen LogP contribution in [0.4, 0.5) is 5.69 Å². The van der Waals surface area contributed by atoms with E-state index in [4.69, 9.17) is 4.42 Å². The zero-order valence-electron chi connectivity index (χ0n) is 16.9. The van der Waals surface area contributed by atoms with E-state index in [0.717, 1.165) is 31.4 Å². The Hall–Kier alpha value is -2.37. The monoisotopic (exact) mass is 373 g/mol. The van der Waals surface area contributed by atoms with Crippen molar-refractivity contribution in [3.8, 4) is 0 Å². The highest BCUT2D eigenvalue weighted by Gasteiger charge is 2.13. The molecule has 1 aromatic heterocycles. The van der Waals surface area contributed by atoms with Crippen molar-refractivity contribution in [1.82, 2.24) is 9.88 Å². The Balaban J connectivity index is 1.84. The maximum atomic E-state index is 12.2. The molecule has 0 spiro atoms. The fourth-order valence-electron chi connectivity index (χ4n) is 2.95. The number of amides is 2. The van der Waals surface area contributed by atoms with Crippen molar-refractivity contribution >= 4 is 28.6 Å². The highest BCUT2D eigenvalue weighted by atomic mass is 16.3. The van der Waals surface area contributed by atoms with Gasteiger partial charge in [-0.05, 0) is 37.5 Å².